The van der Waals surface area contributed by atoms with Crippen molar-refractivity contribution in [1.29, 1.82) is 0 Å². The number of urea groups is 1. The van der Waals surface area contributed by atoms with Gasteiger partial charge in [0.2, 0.25) is 0 Å². The first kappa shape index (κ1) is 16.7. The predicted octanol–water partition coefficient (Wildman–Crippen LogP) is 0.864. The van der Waals surface area contributed by atoms with Gasteiger partial charge in [-0.3, -0.25) is 9.78 Å². The average molecular weight is 332 g/mol. The Bertz CT molecular complexity index is 587. The van der Waals surface area contributed by atoms with Gasteiger partial charge in [-0.1, -0.05) is 6.07 Å². The summed E-state index contributed by atoms with van der Waals surface area (Å²) in [6, 6.07) is 3.70. The highest BCUT2D eigenvalue weighted by atomic mass is 16.3. The molecule has 1 aromatic rings. The molecule has 0 aromatic carbocycles. The molecule has 7 heteroatoms. The lowest BCUT2D eigenvalue weighted by atomic mass is 10.0. The Morgan fingerprint density at radius 3 is 2.67 bits per heavy atom. The van der Waals surface area contributed by atoms with Crippen molar-refractivity contribution in [3.05, 3.63) is 30.1 Å². The number of pyridine rings is 1. The topological polar surface area (TPSA) is 77.0 Å². The summed E-state index contributed by atoms with van der Waals surface area (Å²) >= 11 is 0. The molecule has 2 fully saturated rings. The maximum atomic E-state index is 12.4. The fourth-order valence-corrected chi connectivity index (χ4v) is 3.48. The fourth-order valence-electron chi connectivity index (χ4n) is 3.48. The fraction of sp³-hybridized carbons (Fsp3) is 0.588. The van der Waals surface area contributed by atoms with Gasteiger partial charge in [-0.2, -0.15) is 0 Å². The summed E-state index contributed by atoms with van der Waals surface area (Å²) < 4.78 is 0. The van der Waals surface area contributed by atoms with Crippen molar-refractivity contribution in [3.8, 4) is 0 Å². The summed E-state index contributed by atoms with van der Waals surface area (Å²) in [6.45, 7) is 5.41. The molecule has 0 aliphatic carbocycles. The van der Waals surface area contributed by atoms with Gasteiger partial charge < -0.3 is 19.8 Å². The molecule has 0 bridgehead atoms. The highest BCUT2D eigenvalue weighted by Gasteiger charge is 2.36. The van der Waals surface area contributed by atoms with Crippen molar-refractivity contribution in [2.45, 2.75) is 31.9 Å². The maximum absolute atomic E-state index is 12.4. The molecule has 2 saturated heterocycles. The third kappa shape index (κ3) is 3.21. The molecule has 3 amide bonds. The van der Waals surface area contributed by atoms with E-state index in [0.29, 0.717) is 18.7 Å². The van der Waals surface area contributed by atoms with Gasteiger partial charge in [0, 0.05) is 56.7 Å². The van der Waals surface area contributed by atoms with Crippen LogP contribution in [0.3, 0.4) is 0 Å². The molecule has 1 atom stereocenters. The number of aliphatic hydroxyl groups excluding tert-OH is 1. The molecule has 0 spiro atoms. The number of hydrogen-bond donors (Lipinski definition) is 1. The van der Waals surface area contributed by atoms with Gasteiger partial charge in [-0.05, 0) is 25.8 Å². The van der Waals surface area contributed by atoms with Crippen molar-refractivity contribution < 1.29 is 14.7 Å². The number of aliphatic hydroxyl groups is 1. The van der Waals surface area contributed by atoms with E-state index in [-0.39, 0.29) is 18.0 Å². The molecular formula is C17H24N4O3. The van der Waals surface area contributed by atoms with Crippen molar-refractivity contribution in [3.63, 3.8) is 0 Å². The van der Waals surface area contributed by atoms with Gasteiger partial charge in [-0.25, -0.2) is 4.79 Å². The number of carbonyl (C=O) groups is 2. The zero-order valence-electron chi connectivity index (χ0n) is 14.0. The van der Waals surface area contributed by atoms with E-state index in [1.54, 1.807) is 23.2 Å². The van der Waals surface area contributed by atoms with E-state index in [4.69, 9.17) is 0 Å². The number of aromatic nitrogens is 1. The molecular weight excluding hydrogens is 308 g/mol. The zero-order chi connectivity index (χ0) is 17.1. The van der Waals surface area contributed by atoms with E-state index in [1.807, 2.05) is 16.7 Å². The highest BCUT2D eigenvalue weighted by molar-refractivity contribution is 5.82. The Kier molecular flexibility index (Phi) is 4.99. The van der Waals surface area contributed by atoms with Crippen LogP contribution < -0.4 is 0 Å². The Morgan fingerprint density at radius 1 is 1.33 bits per heavy atom. The zero-order valence-corrected chi connectivity index (χ0v) is 14.0. The number of rotatable bonds is 4. The molecule has 0 saturated carbocycles. The van der Waals surface area contributed by atoms with Crippen molar-refractivity contribution in [2.75, 3.05) is 32.7 Å². The number of likely N-dealkylation sites (tertiary alicyclic amines) is 1. The molecule has 7 nitrogen and oxygen atoms in total. The Labute approximate surface area is 141 Å². The molecule has 2 aliphatic rings. The van der Waals surface area contributed by atoms with E-state index in [2.05, 4.69) is 4.98 Å². The van der Waals surface area contributed by atoms with Crippen molar-refractivity contribution >= 4 is 11.9 Å². The van der Waals surface area contributed by atoms with Crippen LogP contribution >= 0.6 is 0 Å². The molecule has 24 heavy (non-hydrogen) atoms. The molecule has 1 aromatic heterocycles. The number of carbonyl (C=O) groups excluding carboxylic acids is 2. The smallest absolute Gasteiger partial charge is 0.320 e. The molecule has 1 unspecified atom stereocenters. The maximum Gasteiger partial charge on any atom is 0.320 e. The quantitative estimate of drug-likeness (QED) is 0.887. The normalized spacial score (nSPS) is 20.6. The third-order valence-electron chi connectivity index (χ3n) is 4.96. The molecule has 3 heterocycles. The summed E-state index contributed by atoms with van der Waals surface area (Å²) in [5.74, 6) is -0.288. The van der Waals surface area contributed by atoms with E-state index in [9.17, 15) is 14.7 Å². The Morgan fingerprint density at radius 2 is 2.08 bits per heavy atom. The molecule has 1 N–H and O–H groups in total. The highest BCUT2D eigenvalue weighted by Crippen LogP contribution is 2.23. The van der Waals surface area contributed by atoms with Crippen LogP contribution in [-0.2, 0) is 4.79 Å². The second-order valence-corrected chi connectivity index (χ2v) is 6.30. The van der Waals surface area contributed by atoms with Crippen LogP contribution in [0.4, 0.5) is 4.79 Å². The van der Waals surface area contributed by atoms with E-state index >= 15 is 0 Å². The van der Waals surface area contributed by atoms with Gasteiger partial charge in [-0.15, -0.1) is 0 Å². The second kappa shape index (κ2) is 7.17. The first-order chi connectivity index (χ1) is 11.6. The molecule has 2 aliphatic heterocycles. The van der Waals surface area contributed by atoms with Gasteiger partial charge in [0.15, 0.2) is 6.10 Å². The first-order valence-electron chi connectivity index (χ1n) is 8.54. The number of nitrogens with zero attached hydrogens (tertiary/aromatic N) is 4. The van der Waals surface area contributed by atoms with Gasteiger partial charge in [0.25, 0.3) is 5.91 Å². The lowest BCUT2D eigenvalue weighted by Gasteiger charge is -2.37. The minimum Gasteiger partial charge on any atom is -0.378 e. The van der Waals surface area contributed by atoms with E-state index in [1.165, 1.54) is 6.20 Å². The average Bonchev–Trinajstić information content (AvgIpc) is 3.02. The number of amides is 3. The molecule has 3 rings (SSSR count). The van der Waals surface area contributed by atoms with Crippen LogP contribution in [0.5, 0.6) is 0 Å². The summed E-state index contributed by atoms with van der Waals surface area (Å²) in [4.78, 5) is 34.1. The van der Waals surface area contributed by atoms with E-state index in [0.717, 1.165) is 32.5 Å². The van der Waals surface area contributed by atoms with Crippen LogP contribution in [0.25, 0.3) is 0 Å². The third-order valence-corrected chi connectivity index (χ3v) is 4.96. The summed E-state index contributed by atoms with van der Waals surface area (Å²) in [5, 5.41) is 10.2. The molecule has 130 valence electrons. The van der Waals surface area contributed by atoms with Gasteiger partial charge in [0.1, 0.15) is 0 Å². The number of likely N-dealkylation sites (N-methyl/N-ethyl adjacent to an activating group) is 1. The van der Waals surface area contributed by atoms with Gasteiger partial charge >= 0.3 is 6.03 Å². The van der Waals surface area contributed by atoms with Crippen LogP contribution in [0.1, 0.15) is 31.4 Å². The minimum atomic E-state index is -1.17. The standard InChI is InChI=1S/C17H24N4O3/c1-2-19-10-11-21(17(19)24)14-5-8-20(9-6-14)16(23)15(22)13-4-3-7-18-12-13/h3-4,7,12,14-15,22H,2,5-6,8-11H2,1H3. The summed E-state index contributed by atoms with van der Waals surface area (Å²) in [7, 11) is 0. The summed E-state index contributed by atoms with van der Waals surface area (Å²) in [5.41, 5.74) is 0.512. The van der Waals surface area contributed by atoms with Crippen LogP contribution in [0, 0.1) is 0 Å². The van der Waals surface area contributed by atoms with Gasteiger partial charge in [0.05, 0.1) is 0 Å². The SMILES string of the molecule is CCN1CCN(C2CCN(C(=O)C(O)c3cccnc3)CC2)C1=O. The van der Waals surface area contributed by atoms with E-state index < -0.39 is 6.10 Å². The first-order valence-corrected chi connectivity index (χ1v) is 8.54. The summed E-state index contributed by atoms with van der Waals surface area (Å²) in [6.07, 6.45) is 3.47. The second-order valence-electron chi connectivity index (χ2n) is 6.30. The van der Waals surface area contributed by atoms with Crippen molar-refractivity contribution in [1.82, 2.24) is 19.7 Å². The lowest BCUT2D eigenvalue weighted by Crippen LogP contribution is -2.49. The molecule has 0 radical (unpaired) electrons. The monoisotopic (exact) mass is 332 g/mol. The predicted molar refractivity (Wildman–Crippen MR) is 88.1 cm³/mol. The van der Waals surface area contributed by atoms with Crippen LogP contribution in [0.15, 0.2) is 24.5 Å². The largest absolute Gasteiger partial charge is 0.378 e. The van der Waals surface area contributed by atoms with Crippen LogP contribution in [0.2, 0.25) is 0 Å². The Balaban J connectivity index is 1.55. The number of hydrogen-bond acceptors (Lipinski definition) is 4. The van der Waals surface area contributed by atoms with Crippen LogP contribution in [-0.4, -0.2) is 75.5 Å². The van der Waals surface area contributed by atoms with Crippen molar-refractivity contribution in [2.24, 2.45) is 0 Å². The Hall–Kier alpha value is -2.15. The number of piperidine rings is 1. The minimum absolute atomic E-state index is 0.109. The lowest BCUT2D eigenvalue weighted by molar-refractivity contribution is -0.142.